The Morgan fingerprint density at radius 3 is 2.85 bits per heavy atom. The van der Waals surface area contributed by atoms with E-state index in [-0.39, 0.29) is 5.97 Å². The van der Waals surface area contributed by atoms with Gasteiger partial charge in [0.1, 0.15) is 10.8 Å². The number of carbonyl (C=O) groups excluding carboxylic acids is 1. The van der Waals surface area contributed by atoms with E-state index in [1.165, 1.54) is 12.0 Å². The maximum Gasteiger partial charge on any atom is 0.341 e. The van der Waals surface area contributed by atoms with Gasteiger partial charge in [0.25, 0.3) is 0 Å². The molecule has 7 heteroatoms. The number of thiophene rings is 1. The fourth-order valence-electron chi connectivity index (χ4n) is 3.18. The third-order valence-corrected chi connectivity index (χ3v) is 5.86. The second kappa shape index (κ2) is 8.51. The number of carbonyl (C=O) groups is 1. The molecule has 0 unspecified atom stereocenters. The number of fused-ring (bicyclic) bond motifs is 1. The third kappa shape index (κ3) is 3.99. The van der Waals surface area contributed by atoms with E-state index in [1.54, 1.807) is 18.4 Å². The van der Waals surface area contributed by atoms with Crippen molar-refractivity contribution in [1.82, 2.24) is 5.32 Å². The molecule has 0 atom stereocenters. The second-order valence-electron chi connectivity index (χ2n) is 6.00. The van der Waals surface area contributed by atoms with Crippen LogP contribution in [0.25, 0.3) is 0 Å². The summed E-state index contributed by atoms with van der Waals surface area (Å²) < 4.78 is 10.3. The number of nitrogens with one attached hydrogen (secondary N) is 2. The van der Waals surface area contributed by atoms with E-state index in [4.69, 9.17) is 21.7 Å². The van der Waals surface area contributed by atoms with Crippen LogP contribution in [-0.4, -0.2) is 31.8 Å². The van der Waals surface area contributed by atoms with Gasteiger partial charge in [0.2, 0.25) is 0 Å². The molecular formula is C19H22N2O3S2. The maximum absolute atomic E-state index is 12.2. The monoisotopic (exact) mass is 390 g/mol. The minimum absolute atomic E-state index is 0.302. The van der Waals surface area contributed by atoms with Crippen molar-refractivity contribution in [2.45, 2.75) is 25.7 Å². The number of thiocarbonyl (C=S) groups is 1. The second-order valence-corrected chi connectivity index (χ2v) is 7.51. The van der Waals surface area contributed by atoms with Crippen molar-refractivity contribution in [3.63, 3.8) is 0 Å². The number of hydrogen-bond acceptors (Lipinski definition) is 5. The molecule has 0 radical (unpaired) electrons. The predicted molar refractivity (Wildman–Crippen MR) is 109 cm³/mol. The summed E-state index contributed by atoms with van der Waals surface area (Å²) in [5, 5.41) is 7.65. The Labute approximate surface area is 162 Å². The van der Waals surface area contributed by atoms with Crippen molar-refractivity contribution in [3.8, 4) is 5.75 Å². The summed E-state index contributed by atoms with van der Waals surface area (Å²) in [5.41, 5.74) is 2.87. The molecule has 0 saturated carbocycles. The Balaban J connectivity index is 1.61. The summed E-state index contributed by atoms with van der Waals surface area (Å²) in [6.45, 7) is 0.671. The zero-order valence-corrected chi connectivity index (χ0v) is 16.5. The molecule has 5 nitrogen and oxygen atoms in total. The summed E-state index contributed by atoms with van der Waals surface area (Å²) in [4.78, 5) is 13.4. The summed E-state index contributed by atoms with van der Waals surface area (Å²) in [5.74, 6) is 0.569. The first-order chi connectivity index (χ1) is 12.6. The predicted octanol–water partition coefficient (Wildman–Crippen LogP) is 3.56. The van der Waals surface area contributed by atoms with Crippen molar-refractivity contribution in [2.24, 2.45) is 0 Å². The highest BCUT2D eigenvalue weighted by atomic mass is 32.1. The molecule has 3 rings (SSSR count). The van der Waals surface area contributed by atoms with Crippen LogP contribution in [0, 0.1) is 0 Å². The fraction of sp³-hybridized carbons (Fsp3) is 0.368. The zero-order valence-electron chi connectivity index (χ0n) is 14.9. The van der Waals surface area contributed by atoms with Gasteiger partial charge in [-0.25, -0.2) is 4.79 Å². The van der Waals surface area contributed by atoms with E-state index in [1.807, 2.05) is 24.3 Å². The van der Waals surface area contributed by atoms with Gasteiger partial charge in [-0.3, -0.25) is 0 Å². The first-order valence-electron chi connectivity index (χ1n) is 8.53. The van der Waals surface area contributed by atoms with Crippen molar-refractivity contribution < 1.29 is 14.3 Å². The van der Waals surface area contributed by atoms with Gasteiger partial charge in [0.15, 0.2) is 5.11 Å². The Morgan fingerprint density at radius 2 is 2.08 bits per heavy atom. The van der Waals surface area contributed by atoms with Crippen LogP contribution < -0.4 is 15.4 Å². The number of esters is 1. The van der Waals surface area contributed by atoms with Crippen molar-refractivity contribution in [1.29, 1.82) is 0 Å². The van der Waals surface area contributed by atoms with Gasteiger partial charge in [-0.1, -0.05) is 18.2 Å². The smallest absolute Gasteiger partial charge is 0.341 e. The lowest BCUT2D eigenvalue weighted by Crippen LogP contribution is -2.30. The Hall–Kier alpha value is -2.12. The van der Waals surface area contributed by atoms with Gasteiger partial charge in [-0.05, 0) is 55.1 Å². The summed E-state index contributed by atoms with van der Waals surface area (Å²) in [6, 6.07) is 7.93. The Bertz CT molecular complexity index is 817. The number of benzene rings is 1. The standard InChI is InChI=1S/C19H22N2O3S2/c1-23-14-8-4-3-6-12(14)10-11-20-19(25)21-17-16(18(22)24-2)13-7-5-9-15(13)26-17/h3-4,6,8H,5,7,9-11H2,1-2H3,(H2,20,21,25). The lowest BCUT2D eigenvalue weighted by Gasteiger charge is -2.12. The lowest BCUT2D eigenvalue weighted by molar-refractivity contribution is 0.0601. The van der Waals surface area contributed by atoms with Crippen LogP contribution >= 0.6 is 23.6 Å². The molecule has 1 aliphatic carbocycles. The number of para-hydroxylation sites is 1. The van der Waals surface area contributed by atoms with Crippen molar-refractivity contribution in [2.75, 3.05) is 26.1 Å². The quantitative estimate of drug-likeness (QED) is 0.581. The Morgan fingerprint density at radius 1 is 1.27 bits per heavy atom. The van der Waals surface area contributed by atoms with Crippen LogP contribution in [0.15, 0.2) is 24.3 Å². The van der Waals surface area contributed by atoms with Crippen molar-refractivity contribution in [3.05, 3.63) is 45.8 Å². The van der Waals surface area contributed by atoms with Gasteiger partial charge in [0.05, 0.1) is 19.8 Å². The molecule has 0 saturated heterocycles. The van der Waals surface area contributed by atoms with E-state index in [0.717, 1.165) is 47.6 Å². The maximum atomic E-state index is 12.2. The molecule has 138 valence electrons. The molecule has 1 heterocycles. The van der Waals surface area contributed by atoms with E-state index in [9.17, 15) is 4.79 Å². The molecule has 26 heavy (non-hydrogen) atoms. The number of anilines is 1. The SMILES string of the molecule is COC(=O)c1c(NC(=S)NCCc2ccccc2OC)sc2c1CCC2. The highest BCUT2D eigenvalue weighted by Crippen LogP contribution is 2.39. The number of methoxy groups -OCH3 is 2. The summed E-state index contributed by atoms with van der Waals surface area (Å²) in [6.07, 6.45) is 3.81. The first-order valence-corrected chi connectivity index (χ1v) is 9.76. The van der Waals surface area contributed by atoms with Crippen LogP contribution in [0.4, 0.5) is 5.00 Å². The van der Waals surface area contributed by atoms with Gasteiger partial charge >= 0.3 is 5.97 Å². The number of ether oxygens (including phenoxy) is 2. The minimum atomic E-state index is -0.302. The van der Waals surface area contributed by atoms with Crippen LogP contribution in [0.5, 0.6) is 5.75 Å². The topological polar surface area (TPSA) is 59.6 Å². The molecular weight excluding hydrogens is 368 g/mol. The van der Waals surface area contributed by atoms with Gasteiger partial charge in [-0.15, -0.1) is 11.3 Å². The molecule has 1 aliphatic rings. The number of hydrogen-bond donors (Lipinski definition) is 2. The zero-order chi connectivity index (χ0) is 18.5. The fourth-order valence-corrected chi connectivity index (χ4v) is 4.73. The van der Waals surface area contributed by atoms with Crippen molar-refractivity contribution >= 4 is 39.6 Å². The molecule has 1 aromatic heterocycles. The van der Waals surface area contributed by atoms with Gasteiger partial charge in [0, 0.05) is 11.4 Å². The third-order valence-electron chi connectivity index (χ3n) is 4.41. The van der Waals surface area contributed by atoms with E-state index >= 15 is 0 Å². The molecule has 0 aliphatic heterocycles. The average molecular weight is 391 g/mol. The molecule has 0 bridgehead atoms. The first kappa shape index (κ1) is 18.7. The van der Waals surface area contributed by atoms with Crippen LogP contribution in [0.1, 0.15) is 32.8 Å². The molecule has 0 spiro atoms. The normalized spacial score (nSPS) is 12.4. The highest BCUT2D eigenvalue weighted by molar-refractivity contribution is 7.80. The molecule has 1 aromatic carbocycles. The summed E-state index contributed by atoms with van der Waals surface area (Å²) in [7, 11) is 3.08. The Kier molecular flexibility index (Phi) is 6.11. The minimum Gasteiger partial charge on any atom is -0.496 e. The molecule has 2 N–H and O–H groups in total. The van der Waals surface area contributed by atoms with E-state index in [0.29, 0.717) is 17.2 Å². The van der Waals surface area contributed by atoms with Gasteiger partial charge in [-0.2, -0.15) is 0 Å². The van der Waals surface area contributed by atoms with Crippen LogP contribution in [-0.2, 0) is 24.0 Å². The number of aryl methyl sites for hydroxylation is 1. The molecule has 2 aromatic rings. The average Bonchev–Trinajstić information content (AvgIpc) is 3.22. The summed E-state index contributed by atoms with van der Waals surface area (Å²) >= 11 is 7.00. The lowest BCUT2D eigenvalue weighted by atomic mass is 10.1. The molecule has 0 amide bonds. The van der Waals surface area contributed by atoms with Gasteiger partial charge < -0.3 is 20.1 Å². The highest BCUT2D eigenvalue weighted by Gasteiger charge is 2.27. The molecule has 0 fully saturated rings. The van der Waals surface area contributed by atoms with Crippen LogP contribution in [0.3, 0.4) is 0 Å². The van der Waals surface area contributed by atoms with Crippen LogP contribution in [0.2, 0.25) is 0 Å². The van der Waals surface area contributed by atoms with E-state index < -0.39 is 0 Å². The number of rotatable bonds is 6. The van der Waals surface area contributed by atoms with E-state index in [2.05, 4.69) is 10.6 Å². The largest absolute Gasteiger partial charge is 0.496 e.